The van der Waals surface area contributed by atoms with E-state index in [9.17, 15) is 9.90 Å². The first kappa shape index (κ1) is 14.8. The zero-order valence-electron chi connectivity index (χ0n) is 12.1. The van der Waals surface area contributed by atoms with Crippen LogP contribution in [0.25, 0.3) is 0 Å². The molecule has 110 valence electrons. The molecule has 5 heteroatoms. The fourth-order valence-corrected chi connectivity index (χ4v) is 3.52. The number of carboxylic acid groups (broad SMARTS) is 1. The predicted molar refractivity (Wildman–Crippen MR) is 75.1 cm³/mol. The zero-order valence-corrected chi connectivity index (χ0v) is 12.1. The summed E-state index contributed by atoms with van der Waals surface area (Å²) < 4.78 is 0. The molecule has 2 rings (SSSR count). The lowest BCUT2D eigenvalue weighted by molar-refractivity contribution is -0.145. The molecule has 2 aliphatic rings. The Labute approximate surface area is 115 Å². The van der Waals surface area contributed by atoms with Crippen LogP contribution in [-0.2, 0) is 4.79 Å². The van der Waals surface area contributed by atoms with Crippen LogP contribution in [0.1, 0.15) is 38.5 Å². The highest BCUT2D eigenvalue weighted by Crippen LogP contribution is 2.31. The van der Waals surface area contributed by atoms with Crippen molar-refractivity contribution in [3.63, 3.8) is 0 Å². The van der Waals surface area contributed by atoms with Gasteiger partial charge in [0.1, 0.15) is 5.54 Å². The minimum atomic E-state index is -1.01. The van der Waals surface area contributed by atoms with Gasteiger partial charge in [-0.05, 0) is 65.7 Å². The normalized spacial score (nSPS) is 34.6. The molecule has 0 aromatic carbocycles. The number of carboxylic acids is 1. The molecule has 0 spiro atoms. The van der Waals surface area contributed by atoms with E-state index in [4.69, 9.17) is 5.73 Å². The van der Waals surface area contributed by atoms with Gasteiger partial charge >= 0.3 is 5.97 Å². The van der Waals surface area contributed by atoms with Crippen molar-refractivity contribution >= 4 is 5.97 Å². The average molecular weight is 269 g/mol. The maximum absolute atomic E-state index is 11.3. The molecule has 0 radical (unpaired) electrons. The molecule has 2 atom stereocenters. The van der Waals surface area contributed by atoms with E-state index in [1.807, 2.05) is 0 Å². The quantitative estimate of drug-likeness (QED) is 0.791. The molecule has 0 aromatic heterocycles. The van der Waals surface area contributed by atoms with E-state index < -0.39 is 11.5 Å². The zero-order chi connectivity index (χ0) is 14.0. The van der Waals surface area contributed by atoms with Crippen LogP contribution in [0.5, 0.6) is 0 Å². The van der Waals surface area contributed by atoms with Crippen molar-refractivity contribution in [3.8, 4) is 0 Å². The van der Waals surface area contributed by atoms with Gasteiger partial charge in [-0.3, -0.25) is 4.79 Å². The Morgan fingerprint density at radius 2 is 1.95 bits per heavy atom. The summed E-state index contributed by atoms with van der Waals surface area (Å²) in [6, 6.07) is 0.903. The largest absolute Gasteiger partial charge is 0.480 e. The van der Waals surface area contributed by atoms with Crippen molar-refractivity contribution in [2.45, 2.75) is 56.1 Å². The summed E-state index contributed by atoms with van der Waals surface area (Å²) in [6.45, 7) is 2.27. The number of aliphatic carboxylic acids is 1. The van der Waals surface area contributed by atoms with Gasteiger partial charge < -0.3 is 20.6 Å². The van der Waals surface area contributed by atoms with Crippen molar-refractivity contribution in [1.29, 1.82) is 0 Å². The van der Waals surface area contributed by atoms with Crippen LogP contribution < -0.4 is 5.73 Å². The van der Waals surface area contributed by atoms with Crippen LogP contribution in [0.4, 0.5) is 0 Å². The Bertz CT molecular complexity index is 329. The Balaban J connectivity index is 1.95. The minimum absolute atomic E-state index is 0.322. The van der Waals surface area contributed by atoms with Gasteiger partial charge in [0.05, 0.1) is 0 Å². The molecule has 2 unspecified atom stereocenters. The number of piperidine rings is 1. The third-order valence-electron chi connectivity index (χ3n) is 5.03. The lowest BCUT2D eigenvalue weighted by Gasteiger charge is -2.44. The van der Waals surface area contributed by atoms with Gasteiger partial charge in [-0.25, -0.2) is 0 Å². The molecule has 1 aliphatic carbocycles. The highest BCUT2D eigenvalue weighted by atomic mass is 16.4. The summed E-state index contributed by atoms with van der Waals surface area (Å²) in [4.78, 5) is 16.1. The van der Waals surface area contributed by atoms with Crippen molar-refractivity contribution in [2.75, 3.05) is 27.2 Å². The first-order chi connectivity index (χ1) is 8.92. The van der Waals surface area contributed by atoms with E-state index in [-0.39, 0.29) is 0 Å². The molecule has 3 N–H and O–H groups in total. The van der Waals surface area contributed by atoms with Crippen LogP contribution in [-0.4, -0.2) is 65.7 Å². The van der Waals surface area contributed by atoms with Crippen molar-refractivity contribution < 1.29 is 9.90 Å². The molecule has 2 fully saturated rings. The number of likely N-dealkylation sites (tertiary alicyclic amines) is 1. The first-order valence-electron chi connectivity index (χ1n) is 7.35. The fourth-order valence-electron chi connectivity index (χ4n) is 3.52. The van der Waals surface area contributed by atoms with Crippen molar-refractivity contribution in [2.24, 2.45) is 5.73 Å². The standard InChI is InChI=1S/C14H27N3O2/c1-16-8-5-11(6-9-16)17(2)12-4-3-7-14(15,10-12)13(18)19/h11-12H,3-10,15H2,1-2H3,(H,18,19). The molecular formula is C14H27N3O2. The van der Waals surface area contributed by atoms with Crippen molar-refractivity contribution in [3.05, 3.63) is 0 Å². The van der Waals surface area contributed by atoms with Gasteiger partial charge in [0, 0.05) is 12.1 Å². The van der Waals surface area contributed by atoms with Gasteiger partial charge in [-0.15, -0.1) is 0 Å². The van der Waals surface area contributed by atoms with E-state index in [0.717, 1.165) is 25.9 Å². The number of carbonyl (C=O) groups is 1. The Morgan fingerprint density at radius 3 is 2.53 bits per heavy atom. The van der Waals surface area contributed by atoms with Crippen molar-refractivity contribution in [1.82, 2.24) is 9.80 Å². The summed E-state index contributed by atoms with van der Waals surface area (Å²) in [5.74, 6) is -0.839. The molecule has 1 heterocycles. The topological polar surface area (TPSA) is 69.8 Å². The summed E-state index contributed by atoms with van der Waals surface area (Å²) in [6.07, 6.45) is 5.55. The Kier molecular flexibility index (Phi) is 4.48. The molecule has 0 bridgehead atoms. The summed E-state index contributed by atoms with van der Waals surface area (Å²) in [5.41, 5.74) is 5.04. The monoisotopic (exact) mass is 269 g/mol. The summed E-state index contributed by atoms with van der Waals surface area (Å²) in [7, 11) is 4.31. The Morgan fingerprint density at radius 1 is 1.32 bits per heavy atom. The summed E-state index contributed by atoms with van der Waals surface area (Å²) in [5, 5.41) is 9.29. The molecule has 0 amide bonds. The lowest BCUT2D eigenvalue weighted by atomic mass is 9.78. The van der Waals surface area contributed by atoms with E-state index in [0.29, 0.717) is 24.9 Å². The van der Waals surface area contributed by atoms with Crippen LogP contribution in [0.15, 0.2) is 0 Å². The first-order valence-corrected chi connectivity index (χ1v) is 7.35. The number of hydrogen-bond donors (Lipinski definition) is 2. The van der Waals surface area contributed by atoms with E-state index in [1.165, 1.54) is 12.8 Å². The smallest absolute Gasteiger partial charge is 0.323 e. The third kappa shape index (κ3) is 3.27. The number of rotatable bonds is 3. The Hall–Kier alpha value is -0.650. The van der Waals surface area contributed by atoms with E-state index in [2.05, 4.69) is 23.9 Å². The highest BCUT2D eigenvalue weighted by molar-refractivity contribution is 5.78. The number of hydrogen-bond acceptors (Lipinski definition) is 4. The molecule has 0 aromatic rings. The molecule has 1 saturated carbocycles. The predicted octanol–water partition coefficient (Wildman–Crippen LogP) is 0.737. The third-order valence-corrected chi connectivity index (χ3v) is 5.03. The molecule has 1 saturated heterocycles. The molecule has 5 nitrogen and oxygen atoms in total. The summed E-state index contributed by atoms with van der Waals surface area (Å²) >= 11 is 0. The van der Waals surface area contributed by atoms with Crippen LogP contribution in [0, 0.1) is 0 Å². The van der Waals surface area contributed by atoms with Crippen LogP contribution >= 0.6 is 0 Å². The minimum Gasteiger partial charge on any atom is -0.480 e. The van der Waals surface area contributed by atoms with E-state index in [1.54, 1.807) is 0 Å². The van der Waals surface area contributed by atoms with Gasteiger partial charge in [0.2, 0.25) is 0 Å². The molecule has 1 aliphatic heterocycles. The maximum atomic E-state index is 11.3. The fraction of sp³-hybridized carbons (Fsp3) is 0.929. The highest BCUT2D eigenvalue weighted by Gasteiger charge is 2.41. The maximum Gasteiger partial charge on any atom is 0.323 e. The molecule has 19 heavy (non-hydrogen) atoms. The second kappa shape index (κ2) is 5.77. The number of nitrogens with zero attached hydrogens (tertiary/aromatic N) is 2. The van der Waals surface area contributed by atoms with Gasteiger partial charge in [0.15, 0.2) is 0 Å². The van der Waals surface area contributed by atoms with E-state index >= 15 is 0 Å². The second-order valence-corrected chi connectivity index (χ2v) is 6.41. The van der Waals surface area contributed by atoms with Gasteiger partial charge in [-0.1, -0.05) is 0 Å². The van der Waals surface area contributed by atoms with Crippen LogP contribution in [0.2, 0.25) is 0 Å². The van der Waals surface area contributed by atoms with Crippen LogP contribution in [0.3, 0.4) is 0 Å². The average Bonchev–Trinajstić information content (AvgIpc) is 2.39. The second-order valence-electron chi connectivity index (χ2n) is 6.41. The number of nitrogens with two attached hydrogens (primary N) is 1. The van der Waals surface area contributed by atoms with Gasteiger partial charge in [0.25, 0.3) is 0 Å². The molecular weight excluding hydrogens is 242 g/mol. The van der Waals surface area contributed by atoms with Gasteiger partial charge in [-0.2, -0.15) is 0 Å². The lowest BCUT2D eigenvalue weighted by Crippen LogP contribution is -2.57. The SMILES string of the molecule is CN1CCC(N(C)C2CCCC(N)(C(=O)O)C2)CC1.